The first-order chi connectivity index (χ1) is 14.6. The van der Waals surface area contributed by atoms with E-state index in [2.05, 4.69) is 41.8 Å². The van der Waals surface area contributed by atoms with Crippen molar-refractivity contribution in [3.63, 3.8) is 0 Å². The third-order valence-corrected chi connectivity index (χ3v) is 5.02. The molecule has 156 valence electrons. The first-order valence-electron chi connectivity index (χ1n) is 10.4. The van der Waals surface area contributed by atoms with Crippen LogP contribution in [-0.4, -0.2) is 18.6 Å². The summed E-state index contributed by atoms with van der Waals surface area (Å²) in [4.78, 5) is 12.2. The van der Waals surface area contributed by atoms with Crippen molar-refractivity contribution in [3.05, 3.63) is 95.6 Å². The maximum Gasteiger partial charge on any atom is 0.262 e. The number of benzene rings is 3. The summed E-state index contributed by atoms with van der Waals surface area (Å²) >= 11 is 0. The molecule has 0 saturated carbocycles. The number of amides is 1. The van der Waals surface area contributed by atoms with Gasteiger partial charge in [-0.3, -0.25) is 4.79 Å². The number of para-hydroxylation sites is 1. The van der Waals surface area contributed by atoms with E-state index in [0.717, 1.165) is 35.4 Å². The highest BCUT2D eigenvalue weighted by molar-refractivity contribution is 5.91. The van der Waals surface area contributed by atoms with Crippen molar-refractivity contribution in [2.45, 2.75) is 39.3 Å². The van der Waals surface area contributed by atoms with E-state index < -0.39 is 0 Å². The Bertz CT molecular complexity index is 923. The highest BCUT2D eigenvalue weighted by atomic mass is 16.5. The van der Waals surface area contributed by atoms with Crippen LogP contribution in [-0.2, 0) is 17.8 Å². The quantitative estimate of drug-likeness (QED) is 0.495. The number of anilines is 1. The topological polar surface area (TPSA) is 50.4 Å². The van der Waals surface area contributed by atoms with Crippen molar-refractivity contribution >= 4 is 11.6 Å². The molecule has 0 unspecified atom stereocenters. The zero-order valence-corrected chi connectivity index (χ0v) is 17.7. The molecule has 0 fully saturated rings. The van der Waals surface area contributed by atoms with Gasteiger partial charge in [-0.25, -0.2) is 0 Å². The van der Waals surface area contributed by atoms with E-state index in [-0.39, 0.29) is 12.5 Å². The molecule has 0 aliphatic carbocycles. The zero-order valence-electron chi connectivity index (χ0n) is 17.7. The van der Waals surface area contributed by atoms with Crippen molar-refractivity contribution < 1.29 is 9.53 Å². The molecule has 0 aromatic heterocycles. The molecule has 1 amide bonds. The number of carbonyl (C=O) groups is 1. The van der Waals surface area contributed by atoms with Gasteiger partial charge in [-0.2, -0.15) is 0 Å². The lowest BCUT2D eigenvalue weighted by atomic mass is 10.1. The fraction of sp³-hybridized carbons (Fsp3) is 0.269. The molecule has 4 heteroatoms. The van der Waals surface area contributed by atoms with Crippen molar-refractivity contribution in [2.24, 2.45) is 0 Å². The van der Waals surface area contributed by atoms with E-state index in [9.17, 15) is 4.79 Å². The summed E-state index contributed by atoms with van der Waals surface area (Å²) in [6.07, 6.45) is 2.11. The molecule has 4 nitrogen and oxygen atoms in total. The van der Waals surface area contributed by atoms with Crippen LogP contribution in [0.2, 0.25) is 0 Å². The van der Waals surface area contributed by atoms with Crippen LogP contribution in [0.15, 0.2) is 78.9 Å². The molecule has 30 heavy (non-hydrogen) atoms. The van der Waals surface area contributed by atoms with E-state index in [0.29, 0.717) is 12.6 Å². The standard InChI is InChI=1S/C26H30N2O2/c1-20-12-16-24(17-13-20)28-26(29)19-30-25-11-7-6-10-23(25)18-27-21(2)14-15-22-8-4-3-5-9-22/h3-13,16-17,21,27H,14-15,18-19H2,1-2H3,(H,28,29)/t21-/m1/s1. The number of hydrogen-bond acceptors (Lipinski definition) is 3. The van der Waals surface area contributed by atoms with Crippen LogP contribution in [0.25, 0.3) is 0 Å². The van der Waals surface area contributed by atoms with Crippen LogP contribution in [0.3, 0.4) is 0 Å². The number of rotatable bonds is 10. The van der Waals surface area contributed by atoms with Crippen molar-refractivity contribution in [1.82, 2.24) is 5.32 Å². The molecule has 2 N–H and O–H groups in total. The predicted molar refractivity (Wildman–Crippen MR) is 123 cm³/mol. The SMILES string of the molecule is Cc1ccc(NC(=O)COc2ccccc2CN[C@H](C)CCc2ccccc2)cc1. The van der Waals surface area contributed by atoms with Gasteiger partial charge in [-0.1, -0.05) is 66.2 Å². The molecule has 0 bridgehead atoms. The fourth-order valence-electron chi connectivity index (χ4n) is 3.18. The average Bonchev–Trinajstić information content (AvgIpc) is 2.77. The second-order valence-electron chi connectivity index (χ2n) is 7.62. The van der Waals surface area contributed by atoms with Gasteiger partial charge in [0.15, 0.2) is 6.61 Å². The second kappa shape index (κ2) is 11.2. The van der Waals surface area contributed by atoms with Crippen molar-refractivity contribution in [2.75, 3.05) is 11.9 Å². The largest absolute Gasteiger partial charge is 0.483 e. The molecule has 0 aliphatic rings. The molecule has 0 aliphatic heterocycles. The number of nitrogens with one attached hydrogen (secondary N) is 2. The average molecular weight is 403 g/mol. The summed E-state index contributed by atoms with van der Waals surface area (Å²) in [5.41, 5.74) is 4.33. The van der Waals surface area contributed by atoms with Gasteiger partial charge >= 0.3 is 0 Å². The molecular formula is C26H30N2O2. The van der Waals surface area contributed by atoms with Crippen LogP contribution >= 0.6 is 0 Å². The normalized spacial score (nSPS) is 11.7. The number of carbonyl (C=O) groups excluding carboxylic acids is 1. The van der Waals surface area contributed by atoms with E-state index in [1.807, 2.05) is 61.5 Å². The van der Waals surface area contributed by atoms with Gasteiger partial charge in [0, 0.05) is 23.8 Å². The number of aryl methyl sites for hydroxylation is 2. The Morgan fingerprint density at radius 2 is 1.63 bits per heavy atom. The summed E-state index contributed by atoms with van der Waals surface area (Å²) in [6, 6.07) is 26.5. The van der Waals surface area contributed by atoms with Crippen LogP contribution in [0.5, 0.6) is 5.75 Å². The minimum Gasteiger partial charge on any atom is -0.483 e. The van der Waals surface area contributed by atoms with E-state index in [1.165, 1.54) is 5.56 Å². The van der Waals surface area contributed by atoms with Crippen LogP contribution in [0.1, 0.15) is 30.0 Å². The Labute approximate surface area is 179 Å². The molecular weight excluding hydrogens is 372 g/mol. The molecule has 1 atom stereocenters. The second-order valence-corrected chi connectivity index (χ2v) is 7.62. The number of ether oxygens (including phenoxy) is 1. The van der Waals surface area contributed by atoms with Crippen molar-refractivity contribution in [3.8, 4) is 5.75 Å². The maximum atomic E-state index is 12.2. The van der Waals surface area contributed by atoms with Crippen LogP contribution in [0, 0.1) is 6.92 Å². The molecule has 0 heterocycles. The lowest BCUT2D eigenvalue weighted by Crippen LogP contribution is -2.26. The Kier molecular flexibility index (Phi) is 8.04. The zero-order chi connectivity index (χ0) is 21.2. The summed E-state index contributed by atoms with van der Waals surface area (Å²) in [5.74, 6) is 0.567. The van der Waals surface area contributed by atoms with E-state index >= 15 is 0 Å². The maximum absolute atomic E-state index is 12.2. The van der Waals surface area contributed by atoms with Gasteiger partial charge in [0.1, 0.15) is 5.75 Å². The smallest absolute Gasteiger partial charge is 0.262 e. The van der Waals surface area contributed by atoms with Gasteiger partial charge < -0.3 is 15.4 Å². The van der Waals surface area contributed by atoms with Gasteiger partial charge in [0.25, 0.3) is 5.91 Å². The van der Waals surface area contributed by atoms with Gasteiger partial charge in [0.05, 0.1) is 0 Å². The molecule has 3 rings (SSSR count). The fourth-order valence-corrected chi connectivity index (χ4v) is 3.18. The van der Waals surface area contributed by atoms with E-state index in [4.69, 9.17) is 4.74 Å². The summed E-state index contributed by atoms with van der Waals surface area (Å²) in [6.45, 7) is 4.89. The summed E-state index contributed by atoms with van der Waals surface area (Å²) in [5, 5.41) is 6.42. The van der Waals surface area contributed by atoms with Crippen LogP contribution in [0.4, 0.5) is 5.69 Å². The summed E-state index contributed by atoms with van der Waals surface area (Å²) in [7, 11) is 0. The Morgan fingerprint density at radius 3 is 2.40 bits per heavy atom. The number of hydrogen-bond donors (Lipinski definition) is 2. The highest BCUT2D eigenvalue weighted by Gasteiger charge is 2.09. The minimum absolute atomic E-state index is 0.0194. The highest BCUT2D eigenvalue weighted by Crippen LogP contribution is 2.18. The Morgan fingerprint density at radius 1 is 0.933 bits per heavy atom. The molecule has 0 radical (unpaired) electrons. The van der Waals surface area contributed by atoms with Gasteiger partial charge in [-0.05, 0) is 50.5 Å². The first-order valence-corrected chi connectivity index (χ1v) is 10.4. The molecule has 3 aromatic rings. The lowest BCUT2D eigenvalue weighted by molar-refractivity contribution is -0.118. The minimum atomic E-state index is -0.169. The van der Waals surface area contributed by atoms with Crippen LogP contribution < -0.4 is 15.4 Å². The van der Waals surface area contributed by atoms with Crippen molar-refractivity contribution in [1.29, 1.82) is 0 Å². The molecule has 0 saturated heterocycles. The third-order valence-electron chi connectivity index (χ3n) is 5.02. The Balaban J connectivity index is 1.46. The molecule has 0 spiro atoms. The predicted octanol–water partition coefficient (Wildman–Crippen LogP) is 5.12. The monoisotopic (exact) mass is 402 g/mol. The molecule has 3 aromatic carbocycles. The summed E-state index contributed by atoms with van der Waals surface area (Å²) < 4.78 is 5.80. The Hall–Kier alpha value is -3.11. The van der Waals surface area contributed by atoms with E-state index in [1.54, 1.807) is 0 Å². The van der Waals surface area contributed by atoms with Gasteiger partial charge in [0.2, 0.25) is 0 Å². The van der Waals surface area contributed by atoms with Gasteiger partial charge in [-0.15, -0.1) is 0 Å². The lowest BCUT2D eigenvalue weighted by Gasteiger charge is -2.16. The third kappa shape index (κ3) is 7.05. The first kappa shape index (κ1) is 21.6.